The van der Waals surface area contributed by atoms with E-state index in [9.17, 15) is 14.0 Å². The highest BCUT2D eigenvalue weighted by Crippen LogP contribution is 2.21. The monoisotopic (exact) mass is 236 g/mol. The van der Waals surface area contributed by atoms with Gasteiger partial charge < -0.3 is 4.74 Å². The number of hydrogen-bond acceptors (Lipinski definition) is 4. The van der Waals surface area contributed by atoms with Crippen LogP contribution in [0.15, 0.2) is 18.3 Å². The van der Waals surface area contributed by atoms with Gasteiger partial charge >= 0.3 is 5.97 Å². The maximum atomic E-state index is 13.6. The summed E-state index contributed by atoms with van der Waals surface area (Å²) in [5.74, 6) is -1.65. The molecule has 0 N–H and O–H groups in total. The van der Waals surface area contributed by atoms with Gasteiger partial charge in [0.05, 0.1) is 5.39 Å². The normalized spacial score (nSPS) is 10.5. The third-order valence-corrected chi connectivity index (χ3v) is 2.17. The van der Waals surface area contributed by atoms with Crippen molar-refractivity contribution in [2.75, 3.05) is 0 Å². The summed E-state index contributed by atoms with van der Waals surface area (Å²) < 4.78 is 19.5. The van der Waals surface area contributed by atoms with Crippen molar-refractivity contribution in [2.45, 2.75) is 13.8 Å². The number of hydrogen-bond donors (Lipinski definition) is 0. The zero-order valence-electron chi connectivity index (χ0n) is 9.23. The number of fused-ring (bicyclic) bond motifs is 1. The summed E-state index contributed by atoms with van der Waals surface area (Å²) in [5.41, 5.74) is 0.133. The lowest BCUT2D eigenvalue weighted by Gasteiger charge is -2.03. The van der Waals surface area contributed by atoms with E-state index >= 15 is 0 Å². The average Bonchev–Trinajstić information content (AvgIpc) is 2.60. The third kappa shape index (κ3) is 2.01. The molecular weight excluding hydrogens is 227 g/mol. The van der Waals surface area contributed by atoms with Gasteiger partial charge in [-0.3, -0.25) is 14.2 Å². The first-order chi connectivity index (χ1) is 7.99. The highest BCUT2D eigenvalue weighted by Gasteiger charge is 2.13. The van der Waals surface area contributed by atoms with E-state index in [4.69, 9.17) is 4.74 Å². The molecule has 0 unspecified atom stereocenters. The molecule has 0 saturated heterocycles. The second-order valence-electron chi connectivity index (χ2n) is 3.48. The Kier molecular flexibility index (Phi) is 2.63. The topological polar surface area (TPSA) is 61.2 Å². The van der Waals surface area contributed by atoms with Gasteiger partial charge in [-0.25, -0.2) is 4.39 Å². The van der Waals surface area contributed by atoms with Gasteiger partial charge in [0.25, 0.3) is 0 Å². The van der Waals surface area contributed by atoms with Crippen LogP contribution in [0.25, 0.3) is 11.0 Å². The van der Waals surface area contributed by atoms with Crippen LogP contribution in [0.4, 0.5) is 4.39 Å². The van der Waals surface area contributed by atoms with Crippen LogP contribution in [0.3, 0.4) is 0 Å². The number of ether oxygens (including phenoxy) is 1. The van der Waals surface area contributed by atoms with E-state index in [-0.39, 0.29) is 22.8 Å². The fourth-order valence-electron chi connectivity index (χ4n) is 1.50. The Labute approximate surface area is 95.8 Å². The molecule has 0 aliphatic carbocycles. The summed E-state index contributed by atoms with van der Waals surface area (Å²) in [7, 11) is 0. The Hall–Kier alpha value is -2.24. The van der Waals surface area contributed by atoms with Crippen LogP contribution in [0.5, 0.6) is 5.88 Å². The zero-order valence-corrected chi connectivity index (χ0v) is 9.23. The smallest absolute Gasteiger partial charge is 0.309 e. The minimum Gasteiger partial charge on any atom is -0.407 e. The number of esters is 1. The number of nitrogens with zero attached hydrogens (tertiary/aromatic N) is 2. The third-order valence-electron chi connectivity index (χ3n) is 2.17. The fraction of sp³-hybridized carbons (Fsp3) is 0.182. The molecular formula is C11H9FN2O3. The molecule has 0 bridgehead atoms. The van der Waals surface area contributed by atoms with Gasteiger partial charge in [-0.15, -0.1) is 0 Å². The minimum atomic E-state index is -0.600. The van der Waals surface area contributed by atoms with Gasteiger partial charge in [-0.05, 0) is 6.07 Å². The van der Waals surface area contributed by atoms with Crippen LogP contribution in [0.2, 0.25) is 0 Å². The van der Waals surface area contributed by atoms with Crippen molar-refractivity contribution in [3.05, 3.63) is 24.1 Å². The summed E-state index contributed by atoms with van der Waals surface area (Å²) in [6.45, 7) is 2.52. The molecule has 5 nitrogen and oxygen atoms in total. The van der Waals surface area contributed by atoms with Crippen LogP contribution in [0.1, 0.15) is 18.6 Å². The van der Waals surface area contributed by atoms with Crippen LogP contribution in [-0.2, 0) is 4.79 Å². The minimum absolute atomic E-state index is 0.133. The number of carbonyl (C=O) groups is 2. The summed E-state index contributed by atoms with van der Waals surface area (Å²) >= 11 is 0. The van der Waals surface area contributed by atoms with Gasteiger partial charge in [0.2, 0.25) is 11.8 Å². The zero-order chi connectivity index (χ0) is 12.6. The van der Waals surface area contributed by atoms with Crippen molar-refractivity contribution in [3.8, 4) is 5.88 Å². The van der Waals surface area contributed by atoms with Gasteiger partial charge in [0, 0.05) is 26.1 Å². The number of pyridine rings is 1. The molecule has 2 aromatic heterocycles. The lowest BCUT2D eigenvalue weighted by Crippen LogP contribution is -2.07. The van der Waals surface area contributed by atoms with E-state index in [2.05, 4.69) is 4.98 Å². The van der Waals surface area contributed by atoms with Crippen LogP contribution in [0, 0.1) is 5.82 Å². The number of aromatic nitrogens is 2. The van der Waals surface area contributed by atoms with E-state index in [1.807, 2.05) is 0 Å². The molecule has 0 saturated carbocycles. The van der Waals surface area contributed by atoms with Crippen LogP contribution < -0.4 is 4.74 Å². The van der Waals surface area contributed by atoms with E-state index in [0.717, 1.165) is 6.07 Å². The molecule has 0 spiro atoms. The van der Waals surface area contributed by atoms with Gasteiger partial charge in [-0.2, -0.15) is 4.98 Å². The molecule has 17 heavy (non-hydrogen) atoms. The Bertz CT molecular complexity index is 618. The molecule has 2 heterocycles. The Balaban J connectivity index is 2.64. The molecule has 6 heteroatoms. The van der Waals surface area contributed by atoms with Crippen LogP contribution >= 0.6 is 0 Å². The highest BCUT2D eigenvalue weighted by atomic mass is 19.1. The molecule has 0 aromatic carbocycles. The average molecular weight is 236 g/mol. The predicted octanol–water partition coefficient (Wildman–Crippen LogP) is 1.76. The van der Waals surface area contributed by atoms with Gasteiger partial charge in [0.1, 0.15) is 5.82 Å². The van der Waals surface area contributed by atoms with Crippen molar-refractivity contribution in [1.82, 2.24) is 9.55 Å². The lowest BCUT2D eigenvalue weighted by atomic mass is 10.3. The standard InChI is InChI=1S/C11H9FN2O3/c1-6(15)14-4-3-8-9(12)5-10(13-11(8)14)17-7(2)16/h3-5H,1-2H3. The summed E-state index contributed by atoms with van der Waals surface area (Å²) in [5, 5.41) is 0.205. The van der Waals surface area contributed by atoms with E-state index < -0.39 is 11.8 Å². The second kappa shape index (κ2) is 3.97. The first-order valence-corrected chi connectivity index (χ1v) is 4.86. The summed E-state index contributed by atoms with van der Waals surface area (Å²) in [6, 6.07) is 2.45. The first-order valence-electron chi connectivity index (χ1n) is 4.86. The SMILES string of the molecule is CC(=O)Oc1cc(F)c2ccn(C(C)=O)c2n1. The molecule has 2 rings (SSSR count). The Morgan fingerprint density at radius 3 is 2.71 bits per heavy atom. The first kappa shape index (κ1) is 11.3. The molecule has 0 amide bonds. The van der Waals surface area contributed by atoms with Crippen molar-refractivity contribution in [1.29, 1.82) is 0 Å². The molecule has 0 aliphatic rings. The largest absolute Gasteiger partial charge is 0.407 e. The Morgan fingerprint density at radius 1 is 1.41 bits per heavy atom. The summed E-state index contributed by atoms with van der Waals surface area (Å²) in [6.07, 6.45) is 1.42. The number of halogens is 1. The molecule has 0 fully saturated rings. The van der Waals surface area contributed by atoms with Crippen molar-refractivity contribution in [3.63, 3.8) is 0 Å². The molecule has 0 atom stereocenters. The maximum Gasteiger partial charge on any atom is 0.309 e. The van der Waals surface area contributed by atoms with Crippen molar-refractivity contribution < 1.29 is 18.7 Å². The fourth-order valence-corrected chi connectivity index (χ4v) is 1.50. The van der Waals surface area contributed by atoms with Gasteiger partial charge in [-0.1, -0.05) is 0 Å². The number of rotatable bonds is 1. The number of carbonyl (C=O) groups excluding carboxylic acids is 2. The summed E-state index contributed by atoms with van der Waals surface area (Å²) in [4.78, 5) is 25.9. The van der Waals surface area contributed by atoms with E-state index in [1.165, 1.54) is 30.7 Å². The van der Waals surface area contributed by atoms with E-state index in [1.54, 1.807) is 0 Å². The quantitative estimate of drug-likeness (QED) is 0.708. The maximum absolute atomic E-state index is 13.6. The van der Waals surface area contributed by atoms with E-state index in [0.29, 0.717) is 0 Å². The molecule has 0 radical (unpaired) electrons. The molecule has 88 valence electrons. The molecule has 2 aromatic rings. The van der Waals surface area contributed by atoms with Gasteiger partial charge in [0.15, 0.2) is 5.65 Å². The highest BCUT2D eigenvalue weighted by molar-refractivity contribution is 5.89. The predicted molar refractivity (Wildman–Crippen MR) is 57.3 cm³/mol. The van der Waals surface area contributed by atoms with Crippen molar-refractivity contribution in [2.24, 2.45) is 0 Å². The Morgan fingerprint density at radius 2 is 2.12 bits per heavy atom. The molecule has 0 aliphatic heterocycles. The second-order valence-corrected chi connectivity index (χ2v) is 3.48. The van der Waals surface area contributed by atoms with Crippen LogP contribution in [-0.4, -0.2) is 21.4 Å². The van der Waals surface area contributed by atoms with Crippen molar-refractivity contribution >= 4 is 22.9 Å². The lowest BCUT2D eigenvalue weighted by molar-refractivity contribution is -0.132.